The van der Waals surface area contributed by atoms with Crippen molar-refractivity contribution in [3.63, 3.8) is 0 Å². The molecule has 1 unspecified atom stereocenters. The van der Waals surface area contributed by atoms with Crippen LogP contribution in [-0.4, -0.2) is 43.1 Å². The van der Waals surface area contributed by atoms with Crippen LogP contribution < -0.4 is 4.74 Å². The van der Waals surface area contributed by atoms with E-state index in [1.807, 2.05) is 66.5 Å². The summed E-state index contributed by atoms with van der Waals surface area (Å²) in [5, 5.41) is 5.48. The molecule has 0 N–H and O–H groups in total. The molecular formula is C26H27N5O2. The second-order valence-electron chi connectivity index (χ2n) is 7.90. The summed E-state index contributed by atoms with van der Waals surface area (Å²) in [6.45, 7) is 6.43. The summed E-state index contributed by atoms with van der Waals surface area (Å²) in [5.41, 5.74) is 2.69. The number of aryl methyl sites for hydroxylation is 1. The minimum absolute atomic E-state index is 0.0741. The van der Waals surface area contributed by atoms with Crippen molar-refractivity contribution >= 4 is 16.9 Å². The van der Waals surface area contributed by atoms with Crippen LogP contribution in [0, 0.1) is 0 Å². The highest BCUT2D eigenvalue weighted by Crippen LogP contribution is 2.28. The zero-order valence-electron chi connectivity index (χ0n) is 18.9. The van der Waals surface area contributed by atoms with Gasteiger partial charge in [-0.2, -0.15) is 5.10 Å². The fourth-order valence-electron chi connectivity index (χ4n) is 3.90. The Morgan fingerprint density at radius 1 is 1.12 bits per heavy atom. The smallest absolute Gasteiger partial charge is 0.246 e. The summed E-state index contributed by atoms with van der Waals surface area (Å²) in [6.07, 6.45) is 6.99. The third kappa shape index (κ3) is 5.09. The van der Waals surface area contributed by atoms with Gasteiger partial charge in [-0.1, -0.05) is 24.8 Å². The lowest BCUT2D eigenvalue weighted by Gasteiger charge is -2.18. The Kier molecular flexibility index (Phi) is 6.78. The van der Waals surface area contributed by atoms with E-state index in [4.69, 9.17) is 4.74 Å². The van der Waals surface area contributed by atoms with E-state index in [0.29, 0.717) is 6.04 Å². The molecule has 7 heteroatoms. The van der Waals surface area contributed by atoms with Crippen molar-refractivity contribution in [2.24, 2.45) is 7.05 Å². The van der Waals surface area contributed by atoms with Gasteiger partial charge in [-0.25, -0.2) is 14.6 Å². The molecular weight excluding hydrogens is 414 g/mol. The standard InChI is InChI=1S/C18H14N4O.C8H13NO/c1-22-18-16(11-19-12-20-18)17(21-22)13-7-9-15(10-8-13)23-14-5-3-2-4-6-14;1-3-8(10)9-6-4-5-7(9)2/h2-12H,1H3;3,7H,1,4-6H2,2H3. The SMILES string of the molecule is C=CC(=O)N1CCCC1C.Cn1nc(-c2ccc(Oc3ccccc3)cc2)c2cncnc21. The number of fused-ring (bicyclic) bond motifs is 1. The molecule has 7 nitrogen and oxygen atoms in total. The van der Waals surface area contributed by atoms with Crippen LogP contribution >= 0.6 is 0 Å². The second kappa shape index (κ2) is 10.1. The molecule has 0 spiro atoms. The first-order chi connectivity index (χ1) is 16.1. The number of benzene rings is 2. The van der Waals surface area contributed by atoms with Gasteiger partial charge >= 0.3 is 0 Å². The largest absolute Gasteiger partial charge is 0.457 e. The van der Waals surface area contributed by atoms with Crippen LogP contribution in [0.15, 0.2) is 79.8 Å². The third-order valence-electron chi connectivity index (χ3n) is 5.62. The van der Waals surface area contributed by atoms with Gasteiger partial charge in [0.2, 0.25) is 5.91 Å². The number of amides is 1. The summed E-state index contributed by atoms with van der Waals surface area (Å²) in [4.78, 5) is 21.3. The van der Waals surface area contributed by atoms with Gasteiger partial charge in [-0.15, -0.1) is 0 Å². The van der Waals surface area contributed by atoms with Crippen LogP contribution in [-0.2, 0) is 11.8 Å². The lowest BCUT2D eigenvalue weighted by Crippen LogP contribution is -2.31. The fourth-order valence-corrected chi connectivity index (χ4v) is 3.90. The Morgan fingerprint density at radius 2 is 1.85 bits per heavy atom. The number of rotatable bonds is 4. The Balaban J connectivity index is 0.000000219. The Hall–Kier alpha value is -4.00. The van der Waals surface area contributed by atoms with E-state index >= 15 is 0 Å². The van der Waals surface area contributed by atoms with Gasteiger partial charge in [-0.05, 0) is 62.2 Å². The second-order valence-corrected chi connectivity index (χ2v) is 7.90. The summed E-state index contributed by atoms with van der Waals surface area (Å²) in [5.74, 6) is 1.68. The molecule has 1 atom stereocenters. The number of hydrogen-bond donors (Lipinski definition) is 0. The van der Waals surface area contributed by atoms with E-state index < -0.39 is 0 Å². The van der Waals surface area contributed by atoms with Gasteiger partial charge in [0.15, 0.2) is 5.65 Å². The van der Waals surface area contributed by atoms with Crippen molar-refractivity contribution < 1.29 is 9.53 Å². The number of aromatic nitrogens is 4. The molecule has 168 valence electrons. The molecule has 1 fully saturated rings. The van der Waals surface area contributed by atoms with Crippen molar-refractivity contribution in [1.82, 2.24) is 24.6 Å². The average Bonchev–Trinajstić information content (AvgIpc) is 3.43. The number of carbonyl (C=O) groups excluding carboxylic acids is 1. The minimum Gasteiger partial charge on any atom is -0.457 e. The molecule has 5 rings (SSSR count). The number of likely N-dealkylation sites (tertiary alicyclic amines) is 1. The highest BCUT2D eigenvalue weighted by Gasteiger charge is 2.22. The summed E-state index contributed by atoms with van der Waals surface area (Å²) < 4.78 is 7.58. The number of para-hydroxylation sites is 1. The first-order valence-corrected chi connectivity index (χ1v) is 11.0. The molecule has 1 amide bonds. The van der Waals surface area contributed by atoms with E-state index in [9.17, 15) is 4.79 Å². The van der Waals surface area contributed by atoms with E-state index in [-0.39, 0.29) is 5.91 Å². The van der Waals surface area contributed by atoms with Crippen molar-refractivity contribution in [2.45, 2.75) is 25.8 Å². The van der Waals surface area contributed by atoms with Gasteiger partial charge in [0.05, 0.1) is 5.39 Å². The molecule has 33 heavy (non-hydrogen) atoms. The summed E-state index contributed by atoms with van der Waals surface area (Å²) in [7, 11) is 1.88. The van der Waals surface area contributed by atoms with Crippen molar-refractivity contribution in [3.8, 4) is 22.8 Å². The normalized spacial score (nSPS) is 15.1. The van der Waals surface area contributed by atoms with Gasteiger partial charge in [0, 0.05) is 31.4 Å². The molecule has 4 aromatic rings. The Morgan fingerprint density at radius 3 is 2.52 bits per heavy atom. The number of nitrogens with zero attached hydrogens (tertiary/aromatic N) is 5. The molecule has 0 saturated carbocycles. The molecule has 1 saturated heterocycles. The van der Waals surface area contributed by atoms with E-state index in [1.165, 1.54) is 12.4 Å². The van der Waals surface area contributed by atoms with Crippen molar-refractivity contribution in [3.05, 3.63) is 79.8 Å². The number of hydrogen-bond acceptors (Lipinski definition) is 5. The van der Waals surface area contributed by atoms with Crippen molar-refractivity contribution in [2.75, 3.05) is 6.54 Å². The molecule has 2 aromatic heterocycles. The van der Waals surface area contributed by atoms with E-state index in [0.717, 1.165) is 53.2 Å². The lowest BCUT2D eigenvalue weighted by molar-refractivity contribution is -0.126. The van der Waals surface area contributed by atoms with Crippen LogP contribution in [0.3, 0.4) is 0 Å². The first kappa shape index (κ1) is 22.2. The highest BCUT2D eigenvalue weighted by atomic mass is 16.5. The van der Waals surface area contributed by atoms with Crippen LogP contribution in [0.5, 0.6) is 11.5 Å². The quantitative estimate of drug-likeness (QED) is 0.417. The number of ether oxygens (including phenoxy) is 1. The molecule has 2 aromatic carbocycles. The average molecular weight is 442 g/mol. The van der Waals surface area contributed by atoms with Crippen LogP contribution in [0.2, 0.25) is 0 Å². The van der Waals surface area contributed by atoms with Crippen LogP contribution in [0.1, 0.15) is 19.8 Å². The van der Waals surface area contributed by atoms with E-state index in [1.54, 1.807) is 10.9 Å². The zero-order valence-corrected chi connectivity index (χ0v) is 18.9. The van der Waals surface area contributed by atoms with E-state index in [2.05, 4.69) is 28.6 Å². The van der Waals surface area contributed by atoms with Crippen LogP contribution in [0.4, 0.5) is 0 Å². The Bertz CT molecular complexity index is 1230. The minimum atomic E-state index is 0.0741. The maximum Gasteiger partial charge on any atom is 0.246 e. The third-order valence-corrected chi connectivity index (χ3v) is 5.62. The van der Waals surface area contributed by atoms with Gasteiger partial charge in [-0.3, -0.25) is 4.79 Å². The maximum absolute atomic E-state index is 11.0. The predicted molar refractivity (Wildman–Crippen MR) is 129 cm³/mol. The highest BCUT2D eigenvalue weighted by molar-refractivity contribution is 5.90. The predicted octanol–water partition coefficient (Wildman–Crippen LogP) is 5.01. The maximum atomic E-state index is 11.0. The zero-order chi connectivity index (χ0) is 23.2. The summed E-state index contributed by atoms with van der Waals surface area (Å²) in [6, 6.07) is 18.0. The molecule has 1 aliphatic heterocycles. The van der Waals surface area contributed by atoms with Crippen molar-refractivity contribution in [1.29, 1.82) is 0 Å². The topological polar surface area (TPSA) is 73.1 Å². The molecule has 3 heterocycles. The number of carbonyl (C=O) groups is 1. The Labute approximate surface area is 193 Å². The van der Waals surface area contributed by atoms with Gasteiger partial charge < -0.3 is 9.64 Å². The first-order valence-electron chi connectivity index (χ1n) is 11.0. The van der Waals surface area contributed by atoms with Crippen LogP contribution in [0.25, 0.3) is 22.3 Å². The molecule has 0 aliphatic carbocycles. The molecule has 0 bridgehead atoms. The van der Waals surface area contributed by atoms with Gasteiger partial charge in [0.25, 0.3) is 0 Å². The van der Waals surface area contributed by atoms with Gasteiger partial charge in [0.1, 0.15) is 23.5 Å². The monoisotopic (exact) mass is 441 g/mol. The molecule has 0 radical (unpaired) electrons. The lowest BCUT2D eigenvalue weighted by atomic mass is 10.1. The molecule has 1 aliphatic rings. The fraction of sp³-hybridized carbons (Fsp3) is 0.231. The summed E-state index contributed by atoms with van der Waals surface area (Å²) >= 11 is 0.